The summed E-state index contributed by atoms with van der Waals surface area (Å²) in [5.74, 6) is 0.109. The highest BCUT2D eigenvalue weighted by Crippen LogP contribution is 2.17. The van der Waals surface area contributed by atoms with Crippen LogP contribution in [0.5, 0.6) is 0 Å². The van der Waals surface area contributed by atoms with Gasteiger partial charge in [-0.2, -0.15) is 0 Å². The van der Waals surface area contributed by atoms with Crippen LogP contribution in [0.25, 0.3) is 0 Å². The Bertz CT molecular complexity index is 308. The van der Waals surface area contributed by atoms with Crippen LogP contribution in [0.1, 0.15) is 39.5 Å². The number of ether oxygens (including phenoxy) is 1. The molecule has 0 aromatic carbocycles. The highest BCUT2D eigenvalue weighted by atomic mass is 16.5. The third-order valence-corrected chi connectivity index (χ3v) is 4.49. The summed E-state index contributed by atoms with van der Waals surface area (Å²) in [4.78, 5) is 14.3. The van der Waals surface area contributed by atoms with Gasteiger partial charge in [-0.1, -0.05) is 12.8 Å². The molecule has 2 rings (SSSR count). The van der Waals surface area contributed by atoms with Gasteiger partial charge in [0.05, 0.1) is 19.8 Å². The monoisotopic (exact) mass is 283 g/mol. The largest absolute Gasteiger partial charge is 0.379 e. The number of rotatable bonds is 6. The van der Waals surface area contributed by atoms with Gasteiger partial charge in [-0.15, -0.1) is 0 Å². The predicted octanol–water partition coefficient (Wildman–Crippen LogP) is 0.746. The number of amides is 1. The quantitative estimate of drug-likeness (QED) is 0.755. The van der Waals surface area contributed by atoms with Gasteiger partial charge < -0.3 is 15.4 Å². The highest BCUT2D eigenvalue weighted by molar-refractivity contribution is 5.78. The van der Waals surface area contributed by atoms with Gasteiger partial charge in [0.2, 0.25) is 5.91 Å². The molecule has 5 heteroatoms. The number of nitrogens with one attached hydrogen (secondary N) is 2. The Labute approximate surface area is 122 Å². The van der Waals surface area contributed by atoms with Crippen LogP contribution in [0, 0.1) is 0 Å². The summed E-state index contributed by atoms with van der Waals surface area (Å²) < 4.78 is 5.38. The van der Waals surface area contributed by atoms with Crippen molar-refractivity contribution in [1.82, 2.24) is 15.5 Å². The van der Waals surface area contributed by atoms with Crippen molar-refractivity contribution >= 4 is 5.91 Å². The fourth-order valence-electron chi connectivity index (χ4n) is 3.02. The van der Waals surface area contributed by atoms with Crippen LogP contribution < -0.4 is 10.6 Å². The molecule has 1 amide bonds. The number of morpholine rings is 1. The first-order chi connectivity index (χ1) is 9.58. The standard InChI is InChI=1S/C15H29N3O2/c1-15(2,18-7-9-20-10-8-18)12-17-14(19)11-16-13-5-3-4-6-13/h13,16H,3-12H2,1-2H3,(H,17,19). The summed E-state index contributed by atoms with van der Waals surface area (Å²) in [6, 6.07) is 0.549. The molecule has 0 bridgehead atoms. The fourth-order valence-corrected chi connectivity index (χ4v) is 3.02. The van der Waals surface area contributed by atoms with Crippen LogP contribution in [0.15, 0.2) is 0 Å². The van der Waals surface area contributed by atoms with Crippen LogP contribution in [-0.4, -0.2) is 61.8 Å². The van der Waals surface area contributed by atoms with E-state index in [1.165, 1.54) is 25.7 Å². The Morgan fingerprint density at radius 2 is 1.90 bits per heavy atom. The van der Waals surface area contributed by atoms with Crippen molar-refractivity contribution in [3.63, 3.8) is 0 Å². The maximum absolute atomic E-state index is 11.9. The molecule has 116 valence electrons. The second-order valence-corrected chi connectivity index (χ2v) is 6.55. The minimum atomic E-state index is -0.00714. The first-order valence-corrected chi connectivity index (χ1v) is 7.91. The van der Waals surface area contributed by atoms with Gasteiger partial charge in [0.15, 0.2) is 0 Å². The number of nitrogens with zero attached hydrogens (tertiary/aromatic N) is 1. The van der Waals surface area contributed by atoms with Crippen LogP contribution in [0.2, 0.25) is 0 Å². The van der Waals surface area contributed by atoms with Gasteiger partial charge in [0.25, 0.3) is 0 Å². The van der Waals surface area contributed by atoms with E-state index in [1.54, 1.807) is 0 Å². The highest BCUT2D eigenvalue weighted by Gasteiger charge is 2.28. The Kier molecular flexibility index (Phi) is 5.81. The fraction of sp³-hybridized carbons (Fsp3) is 0.933. The lowest BCUT2D eigenvalue weighted by molar-refractivity contribution is -0.121. The van der Waals surface area contributed by atoms with Crippen molar-refractivity contribution in [3.8, 4) is 0 Å². The van der Waals surface area contributed by atoms with Crippen LogP contribution in [-0.2, 0) is 9.53 Å². The minimum Gasteiger partial charge on any atom is -0.379 e. The molecule has 1 heterocycles. The lowest BCUT2D eigenvalue weighted by Gasteiger charge is -2.40. The lowest BCUT2D eigenvalue weighted by atomic mass is 10.0. The summed E-state index contributed by atoms with van der Waals surface area (Å²) in [6.07, 6.45) is 5.02. The van der Waals surface area contributed by atoms with E-state index in [0.29, 0.717) is 19.1 Å². The van der Waals surface area contributed by atoms with Crippen molar-refractivity contribution in [2.45, 2.75) is 51.1 Å². The van der Waals surface area contributed by atoms with Gasteiger partial charge in [0, 0.05) is 31.2 Å². The van der Waals surface area contributed by atoms with Gasteiger partial charge in [-0.3, -0.25) is 9.69 Å². The zero-order valence-electron chi connectivity index (χ0n) is 12.9. The van der Waals surface area contributed by atoms with Gasteiger partial charge in [-0.05, 0) is 26.7 Å². The maximum Gasteiger partial charge on any atom is 0.234 e. The summed E-state index contributed by atoms with van der Waals surface area (Å²) in [7, 11) is 0. The van der Waals surface area contributed by atoms with Crippen molar-refractivity contribution in [2.75, 3.05) is 39.4 Å². The summed E-state index contributed by atoms with van der Waals surface area (Å²) in [5.41, 5.74) is -0.00714. The average molecular weight is 283 g/mol. The zero-order chi connectivity index (χ0) is 14.4. The molecule has 0 unspecified atom stereocenters. The van der Waals surface area contributed by atoms with Gasteiger partial charge >= 0.3 is 0 Å². The molecule has 0 atom stereocenters. The number of carbonyl (C=O) groups excluding carboxylic acids is 1. The maximum atomic E-state index is 11.9. The summed E-state index contributed by atoms with van der Waals surface area (Å²) in [6.45, 7) is 8.99. The molecule has 2 aliphatic rings. The van der Waals surface area contributed by atoms with E-state index < -0.39 is 0 Å². The van der Waals surface area contributed by atoms with E-state index >= 15 is 0 Å². The van der Waals surface area contributed by atoms with E-state index in [4.69, 9.17) is 4.74 Å². The summed E-state index contributed by atoms with van der Waals surface area (Å²) in [5, 5.41) is 6.41. The Balaban J connectivity index is 1.65. The first-order valence-electron chi connectivity index (χ1n) is 7.91. The minimum absolute atomic E-state index is 0.00714. The summed E-state index contributed by atoms with van der Waals surface area (Å²) >= 11 is 0. The smallest absolute Gasteiger partial charge is 0.234 e. The molecule has 0 radical (unpaired) electrons. The molecule has 0 aromatic heterocycles. The third-order valence-electron chi connectivity index (χ3n) is 4.49. The number of hydrogen-bond acceptors (Lipinski definition) is 4. The molecule has 0 spiro atoms. The Morgan fingerprint density at radius 3 is 2.55 bits per heavy atom. The molecule has 5 nitrogen and oxygen atoms in total. The second-order valence-electron chi connectivity index (χ2n) is 6.55. The van der Waals surface area contributed by atoms with Gasteiger partial charge in [0.1, 0.15) is 0 Å². The average Bonchev–Trinajstić information content (AvgIpc) is 2.97. The van der Waals surface area contributed by atoms with Crippen molar-refractivity contribution in [3.05, 3.63) is 0 Å². The van der Waals surface area contributed by atoms with Crippen molar-refractivity contribution < 1.29 is 9.53 Å². The molecule has 20 heavy (non-hydrogen) atoms. The molecule has 1 aliphatic heterocycles. The molecule has 0 aromatic rings. The van der Waals surface area contributed by atoms with Crippen LogP contribution in [0.4, 0.5) is 0 Å². The van der Waals surface area contributed by atoms with Crippen LogP contribution in [0.3, 0.4) is 0 Å². The molecular weight excluding hydrogens is 254 g/mol. The molecule has 2 fully saturated rings. The van der Waals surface area contributed by atoms with Crippen LogP contribution >= 0.6 is 0 Å². The van der Waals surface area contributed by atoms with E-state index in [0.717, 1.165) is 26.3 Å². The molecular formula is C15H29N3O2. The van der Waals surface area contributed by atoms with E-state index in [2.05, 4.69) is 29.4 Å². The lowest BCUT2D eigenvalue weighted by Crippen LogP contribution is -2.56. The third kappa shape index (κ3) is 4.72. The molecule has 1 aliphatic carbocycles. The van der Waals surface area contributed by atoms with Crippen molar-refractivity contribution in [2.24, 2.45) is 0 Å². The topological polar surface area (TPSA) is 53.6 Å². The normalized spacial score (nSPS) is 22.1. The zero-order valence-corrected chi connectivity index (χ0v) is 12.9. The van der Waals surface area contributed by atoms with Gasteiger partial charge in [-0.25, -0.2) is 0 Å². The van der Waals surface area contributed by atoms with E-state index in [1.807, 2.05) is 0 Å². The molecule has 2 N–H and O–H groups in total. The SMILES string of the molecule is CC(C)(CNC(=O)CNC1CCCC1)N1CCOCC1. The molecule has 1 saturated heterocycles. The van der Waals surface area contributed by atoms with E-state index in [9.17, 15) is 4.79 Å². The first kappa shape index (κ1) is 15.7. The number of carbonyl (C=O) groups is 1. The van der Waals surface area contributed by atoms with E-state index in [-0.39, 0.29) is 11.4 Å². The number of hydrogen-bond donors (Lipinski definition) is 2. The Morgan fingerprint density at radius 1 is 1.25 bits per heavy atom. The Hall–Kier alpha value is -0.650. The second kappa shape index (κ2) is 7.38. The molecule has 1 saturated carbocycles. The van der Waals surface area contributed by atoms with Crippen molar-refractivity contribution in [1.29, 1.82) is 0 Å². The predicted molar refractivity (Wildman–Crippen MR) is 79.7 cm³/mol.